The zero-order valence-corrected chi connectivity index (χ0v) is 20.5. The van der Waals surface area contributed by atoms with Crippen LogP contribution in [0.2, 0.25) is 0 Å². The fraction of sp³-hybridized carbons (Fsp3) is 0.194. The maximum absolute atomic E-state index is 13.7. The first-order valence-electron chi connectivity index (χ1n) is 11.8. The average molecular weight is 466 g/mol. The highest BCUT2D eigenvalue weighted by molar-refractivity contribution is 5.94. The first kappa shape index (κ1) is 24.1. The summed E-state index contributed by atoms with van der Waals surface area (Å²) >= 11 is 0. The van der Waals surface area contributed by atoms with Crippen LogP contribution in [0.1, 0.15) is 38.2 Å². The molecule has 4 nitrogen and oxygen atoms in total. The van der Waals surface area contributed by atoms with Gasteiger partial charge in [0.15, 0.2) is 0 Å². The molecular formula is C31H31NO3. The molecule has 4 aromatic carbocycles. The Morgan fingerprint density at radius 1 is 0.743 bits per heavy atom. The van der Waals surface area contributed by atoms with Gasteiger partial charge in [0.25, 0.3) is 5.91 Å². The number of hydrogen-bond acceptors (Lipinski definition) is 3. The molecule has 0 unspecified atom stereocenters. The highest BCUT2D eigenvalue weighted by Crippen LogP contribution is 2.25. The zero-order valence-electron chi connectivity index (χ0n) is 20.5. The number of rotatable bonds is 9. The van der Waals surface area contributed by atoms with Gasteiger partial charge in [-0.25, -0.2) is 0 Å². The standard InChI is InChI=1S/C31H31NO3/c1-23-14-16-29(18-24(23)2)35-22-28-19-27(15-17-30(28)34-3)31(33)32(20-25-10-6-4-7-11-25)21-26-12-8-5-9-13-26/h4-19H,20-22H2,1-3H3. The Morgan fingerprint density at radius 2 is 1.37 bits per heavy atom. The Labute approximate surface area is 207 Å². The van der Waals surface area contributed by atoms with Gasteiger partial charge in [-0.15, -0.1) is 0 Å². The van der Waals surface area contributed by atoms with Crippen LogP contribution in [0.15, 0.2) is 97.1 Å². The van der Waals surface area contributed by atoms with Gasteiger partial charge in [-0.3, -0.25) is 4.79 Å². The van der Waals surface area contributed by atoms with Crippen molar-refractivity contribution in [2.24, 2.45) is 0 Å². The van der Waals surface area contributed by atoms with Gasteiger partial charge in [-0.1, -0.05) is 66.7 Å². The maximum Gasteiger partial charge on any atom is 0.254 e. The van der Waals surface area contributed by atoms with Crippen LogP contribution in [-0.4, -0.2) is 17.9 Å². The quantitative estimate of drug-likeness (QED) is 0.275. The molecule has 0 heterocycles. The molecule has 0 aliphatic rings. The van der Waals surface area contributed by atoms with Crippen molar-refractivity contribution in [1.29, 1.82) is 0 Å². The monoisotopic (exact) mass is 465 g/mol. The predicted molar refractivity (Wildman–Crippen MR) is 140 cm³/mol. The minimum absolute atomic E-state index is 0.0345. The first-order valence-corrected chi connectivity index (χ1v) is 11.8. The Bertz CT molecular complexity index is 1230. The van der Waals surface area contributed by atoms with E-state index in [0.717, 1.165) is 22.4 Å². The number of methoxy groups -OCH3 is 1. The van der Waals surface area contributed by atoms with Crippen molar-refractivity contribution in [2.75, 3.05) is 7.11 Å². The summed E-state index contributed by atoms with van der Waals surface area (Å²) in [6.45, 7) is 5.50. The predicted octanol–water partition coefficient (Wildman–Crippen LogP) is 6.73. The van der Waals surface area contributed by atoms with Gasteiger partial charge in [0, 0.05) is 24.2 Å². The summed E-state index contributed by atoms with van der Waals surface area (Å²) in [5.41, 5.74) is 6.01. The molecule has 0 saturated heterocycles. The third-order valence-electron chi connectivity index (χ3n) is 6.12. The van der Waals surface area contributed by atoms with Gasteiger partial charge < -0.3 is 14.4 Å². The highest BCUT2D eigenvalue weighted by Gasteiger charge is 2.19. The lowest BCUT2D eigenvalue weighted by Crippen LogP contribution is -2.30. The van der Waals surface area contributed by atoms with Crippen molar-refractivity contribution < 1.29 is 14.3 Å². The lowest BCUT2D eigenvalue weighted by Gasteiger charge is -2.24. The Kier molecular flexibility index (Phi) is 7.84. The van der Waals surface area contributed by atoms with Crippen molar-refractivity contribution in [3.05, 3.63) is 130 Å². The van der Waals surface area contributed by atoms with E-state index in [9.17, 15) is 4.79 Å². The topological polar surface area (TPSA) is 38.8 Å². The fourth-order valence-electron chi connectivity index (χ4n) is 3.98. The molecule has 0 aliphatic carbocycles. The summed E-state index contributed by atoms with van der Waals surface area (Å²) in [7, 11) is 1.63. The van der Waals surface area contributed by atoms with Crippen LogP contribution in [0.5, 0.6) is 11.5 Å². The maximum atomic E-state index is 13.7. The van der Waals surface area contributed by atoms with Crippen LogP contribution in [0.4, 0.5) is 0 Å². The molecule has 35 heavy (non-hydrogen) atoms. The molecule has 4 heteroatoms. The molecule has 0 radical (unpaired) electrons. The lowest BCUT2D eigenvalue weighted by molar-refractivity contribution is 0.0730. The molecule has 0 fully saturated rings. The molecule has 0 spiro atoms. The van der Waals surface area contributed by atoms with Crippen LogP contribution in [0.25, 0.3) is 0 Å². The third-order valence-corrected chi connectivity index (χ3v) is 6.12. The van der Waals surface area contributed by atoms with Crippen molar-refractivity contribution in [2.45, 2.75) is 33.5 Å². The molecular weight excluding hydrogens is 434 g/mol. The molecule has 0 saturated carbocycles. The number of hydrogen-bond donors (Lipinski definition) is 0. The minimum atomic E-state index is -0.0345. The van der Waals surface area contributed by atoms with Crippen LogP contribution in [0, 0.1) is 13.8 Å². The molecule has 0 N–H and O–H groups in total. The molecule has 1 amide bonds. The Balaban J connectivity index is 1.58. The second kappa shape index (κ2) is 11.4. The summed E-state index contributed by atoms with van der Waals surface area (Å²) in [6, 6.07) is 31.7. The normalized spacial score (nSPS) is 10.6. The van der Waals surface area contributed by atoms with Gasteiger partial charge in [-0.2, -0.15) is 0 Å². The van der Waals surface area contributed by atoms with Gasteiger partial charge >= 0.3 is 0 Å². The molecule has 4 aromatic rings. The number of benzene rings is 4. The van der Waals surface area contributed by atoms with Crippen molar-refractivity contribution in [1.82, 2.24) is 4.90 Å². The smallest absolute Gasteiger partial charge is 0.254 e. The summed E-state index contributed by atoms with van der Waals surface area (Å²) in [5, 5.41) is 0. The minimum Gasteiger partial charge on any atom is -0.496 e. The SMILES string of the molecule is COc1ccc(C(=O)N(Cc2ccccc2)Cc2ccccc2)cc1COc1ccc(C)c(C)c1. The second-order valence-corrected chi connectivity index (χ2v) is 8.69. The molecule has 178 valence electrons. The number of nitrogens with zero attached hydrogens (tertiary/aromatic N) is 1. The number of ether oxygens (including phenoxy) is 2. The molecule has 0 bridgehead atoms. The van der Waals surface area contributed by atoms with E-state index in [1.54, 1.807) is 7.11 Å². The van der Waals surface area contributed by atoms with Gasteiger partial charge in [0.05, 0.1) is 7.11 Å². The number of aryl methyl sites for hydroxylation is 2. The zero-order chi connectivity index (χ0) is 24.6. The van der Waals surface area contributed by atoms with Crippen LogP contribution in [0.3, 0.4) is 0 Å². The van der Waals surface area contributed by atoms with E-state index in [0.29, 0.717) is 31.0 Å². The lowest BCUT2D eigenvalue weighted by atomic mass is 10.1. The van der Waals surface area contributed by atoms with Crippen LogP contribution in [-0.2, 0) is 19.7 Å². The first-order chi connectivity index (χ1) is 17.0. The van der Waals surface area contributed by atoms with Crippen molar-refractivity contribution in [3.8, 4) is 11.5 Å². The van der Waals surface area contributed by atoms with Gasteiger partial charge in [0.2, 0.25) is 0 Å². The second-order valence-electron chi connectivity index (χ2n) is 8.69. The fourth-order valence-corrected chi connectivity index (χ4v) is 3.98. The van der Waals surface area contributed by atoms with Gasteiger partial charge in [-0.05, 0) is 66.4 Å². The molecule has 0 aromatic heterocycles. The van der Waals surface area contributed by atoms with Crippen molar-refractivity contribution >= 4 is 5.91 Å². The summed E-state index contributed by atoms with van der Waals surface area (Å²) in [4.78, 5) is 15.6. The Morgan fingerprint density at radius 3 is 1.94 bits per heavy atom. The van der Waals surface area contributed by atoms with E-state index in [4.69, 9.17) is 9.47 Å². The van der Waals surface area contributed by atoms with Gasteiger partial charge in [0.1, 0.15) is 18.1 Å². The number of amides is 1. The van der Waals surface area contributed by atoms with E-state index in [1.807, 2.05) is 102 Å². The summed E-state index contributed by atoms with van der Waals surface area (Å²) < 4.78 is 11.6. The van der Waals surface area contributed by atoms with Crippen LogP contribution >= 0.6 is 0 Å². The third kappa shape index (κ3) is 6.30. The summed E-state index contributed by atoms with van der Waals surface area (Å²) in [5.74, 6) is 1.46. The molecule has 0 aliphatic heterocycles. The van der Waals surface area contributed by atoms with E-state index >= 15 is 0 Å². The van der Waals surface area contributed by atoms with Crippen LogP contribution < -0.4 is 9.47 Å². The number of carbonyl (C=O) groups excluding carboxylic acids is 1. The van der Waals surface area contributed by atoms with E-state index in [1.165, 1.54) is 11.1 Å². The molecule has 4 rings (SSSR count). The van der Waals surface area contributed by atoms with Crippen molar-refractivity contribution in [3.63, 3.8) is 0 Å². The van der Waals surface area contributed by atoms with E-state index in [2.05, 4.69) is 13.8 Å². The largest absolute Gasteiger partial charge is 0.496 e. The van der Waals surface area contributed by atoms with E-state index < -0.39 is 0 Å². The number of carbonyl (C=O) groups is 1. The van der Waals surface area contributed by atoms with E-state index in [-0.39, 0.29) is 5.91 Å². The summed E-state index contributed by atoms with van der Waals surface area (Å²) in [6.07, 6.45) is 0. The Hall–Kier alpha value is -4.05. The molecule has 0 atom stereocenters. The average Bonchev–Trinajstić information content (AvgIpc) is 2.89. The highest BCUT2D eigenvalue weighted by atomic mass is 16.5.